The van der Waals surface area contributed by atoms with Gasteiger partial charge in [0.15, 0.2) is 5.82 Å². The lowest BCUT2D eigenvalue weighted by Gasteiger charge is -2.07. The van der Waals surface area contributed by atoms with Crippen LogP contribution < -0.4 is 10.9 Å². The van der Waals surface area contributed by atoms with Gasteiger partial charge < -0.3 is 10.3 Å². The van der Waals surface area contributed by atoms with Crippen molar-refractivity contribution >= 4 is 55.9 Å². The summed E-state index contributed by atoms with van der Waals surface area (Å²) >= 11 is 8.10. The fourth-order valence-electron chi connectivity index (χ4n) is 3.94. The predicted molar refractivity (Wildman–Crippen MR) is 132 cm³/mol. The summed E-state index contributed by atoms with van der Waals surface area (Å²) in [6.07, 6.45) is 4.77. The molecule has 1 amide bonds. The lowest BCUT2D eigenvalue weighted by molar-refractivity contribution is 0.102. The van der Waals surface area contributed by atoms with Crippen LogP contribution in [0.3, 0.4) is 0 Å². The van der Waals surface area contributed by atoms with Gasteiger partial charge in [0.2, 0.25) is 0 Å². The molecule has 0 saturated heterocycles. The molecule has 0 aliphatic heterocycles. The van der Waals surface area contributed by atoms with Gasteiger partial charge in [-0.2, -0.15) is 0 Å². The van der Waals surface area contributed by atoms with Crippen molar-refractivity contribution < 1.29 is 4.79 Å². The predicted octanol–water partition coefficient (Wildman–Crippen LogP) is 5.77. The molecule has 2 N–H and O–H groups in total. The quantitative estimate of drug-likeness (QED) is 0.405. The second-order valence-corrected chi connectivity index (χ2v) is 9.38. The van der Waals surface area contributed by atoms with E-state index in [4.69, 9.17) is 11.6 Å². The maximum Gasteiger partial charge on any atom is 0.260 e. The number of aromatic nitrogens is 2. The number of hydrogen-bond donors (Lipinski definition) is 2. The first-order valence-corrected chi connectivity index (χ1v) is 11.6. The van der Waals surface area contributed by atoms with E-state index >= 15 is 0 Å². The van der Waals surface area contributed by atoms with Crippen LogP contribution in [-0.2, 0) is 12.8 Å². The minimum Gasteiger partial charge on any atom is -0.322 e. The first kappa shape index (κ1) is 20.7. The summed E-state index contributed by atoms with van der Waals surface area (Å²) in [5, 5.41) is 3.94. The molecule has 5 nitrogen and oxygen atoms in total. The van der Waals surface area contributed by atoms with E-state index in [1.54, 1.807) is 29.5 Å². The Bertz CT molecular complexity index is 1430. The van der Waals surface area contributed by atoms with E-state index in [-0.39, 0.29) is 11.5 Å². The van der Waals surface area contributed by atoms with E-state index in [9.17, 15) is 9.59 Å². The molecule has 2 aromatic heterocycles. The number of H-pyrrole nitrogens is 1. The number of carbonyl (C=O) groups excluding carboxylic acids is 1. The zero-order valence-electron chi connectivity index (χ0n) is 17.4. The minimum atomic E-state index is -0.181. The molecule has 0 fully saturated rings. The molecule has 2 aromatic carbocycles. The van der Waals surface area contributed by atoms with Crippen LogP contribution in [0.2, 0.25) is 0 Å². The van der Waals surface area contributed by atoms with Crippen LogP contribution in [0.25, 0.3) is 21.3 Å². The number of halogens is 1. The summed E-state index contributed by atoms with van der Waals surface area (Å²) in [7, 11) is 0. The lowest BCUT2D eigenvalue weighted by atomic mass is 10.1. The Morgan fingerprint density at radius 1 is 1.19 bits per heavy atom. The Morgan fingerprint density at radius 2 is 2.00 bits per heavy atom. The van der Waals surface area contributed by atoms with E-state index < -0.39 is 0 Å². The summed E-state index contributed by atoms with van der Waals surface area (Å²) in [5.74, 6) is 0.164. The molecule has 0 bridgehead atoms. The number of nitrogens with zero attached hydrogens (tertiary/aromatic N) is 1. The Labute approximate surface area is 193 Å². The van der Waals surface area contributed by atoms with E-state index in [0.29, 0.717) is 27.5 Å². The number of aryl methyl sites for hydroxylation is 3. The molecule has 0 atom stereocenters. The van der Waals surface area contributed by atoms with Gasteiger partial charge in [-0.25, -0.2) is 4.98 Å². The highest BCUT2D eigenvalue weighted by Crippen LogP contribution is 2.35. The van der Waals surface area contributed by atoms with E-state index in [0.717, 1.165) is 40.8 Å². The molecule has 7 heteroatoms. The second-order valence-electron chi connectivity index (χ2n) is 7.89. The van der Waals surface area contributed by atoms with Crippen LogP contribution in [-0.4, -0.2) is 15.9 Å². The Balaban J connectivity index is 1.41. The summed E-state index contributed by atoms with van der Waals surface area (Å²) in [6, 6.07) is 14.8. The van der Waals surface area contributed by atoms with Crippen molar-refractivity contribution in [2.75, 3.05) is 5.32 Å². The van der Waals surface area contributed by atoms with Crippen LogP contribution >= 0.6 is 22.9 Å². The summed E-state index contributed by atoms with van der Waals surface area (Å²) in [6.45, 7) is 1.98. The number of benzene rings is 2. The highest BCUT2D eigenvalue weighted by molar-refractivity contribution is 7.18. The van der Waals surface area contributed by atoms with Gasteiger partial charge in [-0.3, -0.25) is 9.59 Å². The van der Waals surface area contributed by atoms with Crippen molar-refractivity contribution in [2.45, 2.75) is 26.2 Å². The summed E-state index contributed by atoms with van der Waals surface area (Å²) < 4.78 is 0. The number of anilines is 1. The zero-order valence-corrected chi connectivity index (χ0v) is 18.9. The van der Waals surface area contributed by atoms with Crippen molar-refractivity contribution in [1.82, 2.24) is 9.97 Å². The fraction of sp³-hybridized carbons (Fsp3) is 0.160. The third-order valence-corrected chi connectivity index (χ3v) is 7.03. The molecule has 32 heavy (non-hydrogen) atoms. The Morgan fingerprint density at radius 3 is 2.81 bits per heavy atom. The van der Waals surface area contributed by atoms with Gasteiger partial charge in [-0.05, 0) is 67.7 Å². The standard InChI is InChI=1S/C25H20ClN3O2S/c1-14-8-10-16(11-9-14)23(30)27-17-5-2-4-15(12-17)13-19(26)22-28-24(31)21-18-6-3-7-20(18)32-25(21)29-22/h2,4-5,8-13H,3,6-7H2,1H3,(H,27,30)(H,28,29,31)/b19-13-. The largest absolute Gasteiger partial charge is 0.322 e. The SMILES string of the molecule is Cc1ccc(C(=O)Nc2cccc(/C=C(\Cl)c3nc4sc5c(c4c(=O)[nH]3)CCC5)c2)cc1. The number of carbonyl (C=O) groups is 1. The number of rotatable bonds is 4. The number of amides is 1. The second kappa shape index (κ2) is 8.37. The maximum atomic E-state index is 12.7. The molecule has 0 saturated carbocycles. The van der Waals surface area contributed by atoms with Gasteiger partial charge in [0, 0.05) is 16.1 Å². The molecule has 2 heterocycles. The van der Waals surface area contributed by atoms with Crippen LogP contribution in [0.4, 0.5) is 5.69 Å². The smallest absolute Gasteiger partial charge is 0.260 e. The van der Waals surface area contributed by atoms with Crippen molar-refractivity contribution in [3.8, 4) is 0 Å². The van der Waals surface area contributed by atoms with Crippen LogP contribution in [0, 0.1) is 6.92 Å². The summed E-state index contributed by atoms with van der Waals surface area (Å²) in [4.78, 5) is 34.6. The van der Waals surface area contributed by atoms with Crippen LogP contribution in [0.5, 0.6) is 0 Å². The van der Waals surface area contributed by atoms with Crippen molar-refractivity contribution in [3.05, 3.63) is 91.8 Å². The van der Waals surface area contributed by atoms with Crippen molar-refractivity contribution in [1.29, 1.82) is 0 Å². The molecule has 160 valence electrons. The number of fused-ring (bicyclic) bond motifs is 3. The van der Waals surface area contributed by atoms with E-state index in [1.165, 1.54) is 4.88 Å². The molecule has 1 aliphatic carbocycles. The monoisotopic (exact) mass is 461 g/mol. The minimum absolute atomic E-state index is 0.143. The van der Waals surface area contributed by atoms with Gasteiger partial charge in [0.05, 0.1) is 10.4 Å². The van der Waals surface area contributed by atoms with Crippen LogP contribution in [0.1, 0.15) is 44.2 Å². The molecule has 1 aliphatic rings. The molecular weight excluding hydrogens is 442 g/mol. The lowest BCUT2D eigenvalue weighted by Crippen LogP contribution is -2.11. The first-order chi connectivity index (χ1) is 15.5. The Hall–Kier alpha value is -3.22. The van der Waals surface area contributed by atoms with Crippen molar-refractivity contribution in [3.63, 3.8) is 0 Å². The fourth-order valence-corrected chi connectivity index (χ4v) is 5.42. The third-order valence-electron chi connectivity index (χ3n) is 5.55. The van der Waals surface area contributed by atoms with Crippen LogP contribution in [0.15, 0.2) is 53.3 Å². The highest BCUT2D eigenvalue weighted by Gasteiger charge is 2.21. The molecule has 0 radical (unpaired) electrons. The van der Waals surface area contributed by atoms with Gasteiger partial charge in [-0.1, -0.05) is 41.4 Å². The topological polar surface area (TPSA) is 74.8 Å². The number of hydrogen-bond acceptors (Lipinski definition) is 4. The zero-order chi connectivity index (χ0) is 22.2. The maximum absolute atomic E-state index is 12.7. The Kier molecular flexibility index (Phi) is 5.41. The number of thiophene rings is 1. The number of nitrogens with one attached hydrogen (secondary N) is 2. The van der Waals surface area contributed by atoms with Gasteiger partial charge in [0.1, 0.15) is 4.83 Å². The third kappa shape index (κ3) is 3.99. The van der Waals surface area contributed by atoms with E-state index in [2.05, 4.69) is 15.3 Å². The molecule has 0 spiro atoms. The molecule has 5 rings (SSSR count). The van der Waals surface area contributed by atoms with Gasteiger partial charge >= 0.3 is 0 Å². The average Bonchev–Trinajstić information content (AvgIpc) is 3.35. The van der Waals surface area contributed by atoms with Gasteiger partial charge in [0.25, 0.3) is 11.5 Å². The molecule has 4 aromatic rings. The number of aromatic amines is 1. The first-order valence-electron chi connectivity index (χ1n) is 10.4. The highest BCUT2D eigenvalue weighted by atomic mass is 35.5. The molecule has 0 unspecified atom stereocenters. The average molecular weight is 462 g/mol. The molecular formula is C25H20ClN3O2S. The summed E-state index contributed by atoms with van der Waals surface area (Å²) in [5.41, 5.74) is 4.12. The normalized spacial score (nSPS) is 13.4. The van der Waals surface area contributed by atoms with E-state index in [1.807, 2.05) is 43.3 Å². The van der Waals surface area contributed by atoms with Gasteiger partial charge in [-0.15, -0.1) is 11.3 Å². The van der Waals surface area contributed by atoms with Crippen molar-refractivity contribution in [2.24, 2.45) is 0 Å².